The normalized spacial score (nSPS) is 14.0. The van der Waals surface area contributed by atoms with Crippen molar-refractivity contribution in [2.24, 2.45) is 12.8 Å². The highest BCUT2D eigenvalue weighted by molar-refractivity contribution is 7.99. The smallest absolute Gasteiger partial charge is 0.210 e. The van der Waals surface area contributed by atoms with Crippen molar-refractivity contribution in [2.45, 2.75) is 35.5 Å². The van der Waals surface area contributed by atoms with E-state index in [1.807, 2.05) is 53.2 Å². The van der Waals surface area contributed by atoms with Crippen LogP contribution in [-0.4, -0.2) is 34.5 Å². The molecule has 30 heavy (non-hydrogen) atoms. The second-order valence-corrected chi connectivity index (χ2v) is 8.60. The summed E-state index contributed by atoms with van der Waals surface area (Å²) < 4.78 is 3.73. The van der Waals surface area contributed by atoms with E-state index in [1.54, 1.807) is 11.8 Å². The molecular formula is C22H26N7S+. The molecule has 8 heteroatoms. The largest absolute Gasteiger partial charge is 0.352 e. The van der Waals surface area contributed by atoms with Crippen molar-refractivity contribution in [2.75, 3.05) is 24.5 Å². The Kier molecular flexibility index (Phi) is 6.31. The van der Waals surface area contributed by atoms with E-state index in [1.165, 1.54) is 19.3 Å². The van der Waals surface area contributed by atoms with Crippen molar-refractivity contribution in [1.82, 2.24) is 14.9 Å². The number of aryl methyl sites for hydroxylation is 1. The summed E-state index contributed by atoms with van der Waals surface area (Å²) in [4.78, 5) is 4.42. The van der Waals surface area contributed by atoms with Crippen LogP contribution >= 0.6 is 11.8 Å². The Balaban J connectivity index is 1.68. The molecule has 0 bridgehead atoms. The van der Waals surface area contributed by atoms with Crippen LogP contribution in [0.5, 0.6) is 0 Å². The Hall–Kier alpha value is -2.89. The lowest BCUT2D eigenvalue weighted by atomic mass is 10.1. The standard InChI is InChI=1S/C22H26N7S/c1-27-16-19(12-22(26-27)28-9-3-2-4-10-28)30-21-11-17(13-24)5-6-20(21)29-15-18(7-8-23)14-25-29/h5-6,11-12,14-16H,2-4,7-10,23H2,1H3/q+1. The van der Waals surface area contributed by atoms with Crippen molar-refractivity contribution in [3.8, 4) is 11.8 Å². The van der Waals surface area contributed by atoms with Crippen molar-refractivity contribution >= 4 is 17.6 Å². The summed E-state index contributed by atoms with van der Waals surface area (Å²) in [6.45, 7) is 2.69. The Morgan fingerprint density at radius 3 is 2.83 bits per heavy atom. The van der Waals surface area contributed by atoms with E-state index >= 15 is 0 Å². The molecule has 0 unspecified atom stereocenters. The first-order valence-electron chi connectivity index (χ1n) is 10.3. The number of hydrogen-bond donors (Lipinski definition) is 1. The summed E-state index contributed by atoms with van der Waals surface area (Å²) >= 11 is 1.63. The van der Waals surface area contributed by atoms with Gasteiger partial charge in [-0.05, 0) is 56.0 Å². The molecule has 1 aromatic carbocycles. The maximum atomic E-state index is 9.41. The summed E-state index contributed by atoms with van der Waals surface area (Å²) in [6.07, 6.45) is 10.4. The van der Waals surface area contributed by atoms with Crippen LogP contribution in [0.4, 0.5) is 5.82 Å². The second kappa shape index (κ2) is 9.28. The summed E-state index contributed by atoms with van der Waals surface area (Å²) in [6, 6.07) is 10.1. The molecule has 1 aliphatic rings. The van der Waals surface area contributed by atoms with Gasteiger partial charge in [0.1, 0.15) is 0 Å². The van der Waals surface area contributed by atoms with Gasteiger partial charge in [0.05, 0.1) is 28.4 Å². The van der Waals surface area contributed by atoms with Gasteiger partial charge < -0.3 is 10.6 Å². The molecular weight excluding hydrogens is 394 g/mol. The zero-order valence-corrected chi connectivity index (χ0v) is 18.0. The molecule has 154 valence electrons. The number of benzene rings is 1. The fraction of sp³-hybridized carbons (Fsp3) is 0.364. The molecule has 0 atom stereocenters. The number of hydrogen-bond acceptors (Lipinski definition) is 6. The molecule has 0 saturated carbocycles. The van der Waals surface area contributed by atoms with Gasteiger partial charge in [0.15, 0.2) is 12.9 Å². The third-order valence-electron chi connectivity index (χ3n) is 5.16. The first-order chi connectivity index (χ1) is 14.7. The third-order valence-corrected chi connectivity index (χ3v) is 6.16. The van der Waals surface area contributed by atoms with Crippen LogP contribution in [0, 0.1) is 11.3 Å². The Morgan fingerprint density at radius 2 is 2.07 bits per heavy atom. The highest BCUT2D eigenvalue weighted by Crippen LogP contribution is 2.34. The molecule has 2 N–H and O–H groups in total. The van der Waals surface area contributed by atoms with Crippen LogP contribution in [0.2, 0.25) is 0 Å². The number of nitriles is 1. The Bertz CT molecular complexity index is 1060. The average molecular weight is 421 g/mol. The minimum Gasteiger partial charge on any atom is -0.352 e. The van der Waals surface area contributed by atoms with E-state index in [0.717, 1.165) is 46.4 Å². The van der Waals surface area contributed by atoms with Gasteiger partial charge in [0, 0.05) is 35.3 Å². The topological polar surface area (TPSA) is 87.6 Å². The van der Waals surface area contributed by atoms with Crippen LogP contribution in [-0.2, 0) is 13.5 Å². The summed E-state index contributed by atoms with van der Waals surface area (Å²) in [5, 5.41) is 18.6. The maximum Gasteiger partial charge on any atom is 0.210 e. The quantitative estimate of drug-likeness (QED) is 0.617. The summed E-state index contributed by atoms with van der Waals surface area (Å²) in [7, 11) is 1.96. The fourth-order valence-electron chi connectivity index (χ4n) is 3.67. The first kappa shape index (κ1) is 20.4. The lowest BCUT2D eigenvalue weighted by Gasteiger charge is -2.26. The fourth-order valence-corrected chi connectivity index (χ4v) is 4.75. The van der Waals surface area contributed by atoms with E-state index in [9.17, 15) is 5.26 Å². The molecule has 2 aromatic heterocycles. The number of anilines is 1. The van der Waals surface area contributed by atoms with E-state index in [-0.39, 0.29) is 0 Å². The highest BCUT2D eigenvalue weighted by atomic mass is 32.2. The van der Waals surface area contributed by atoms with Gasteiger partial charge in [-0.15, -0.1) is 0 Å². The number of nitrogens with two attached hydrogens (primary N) is 1. The SMILES string of the molecule is C[n+]1cc(Sc2cc(C#N)ccc2-n2cc(CCN)cn2)cc(N2CCCCC2)n1. The maximum absolute atomic E-state index is 9.41. The number of aromatic nitrogens is 4. The molecule has 0 radical (unpaired) electrons. The molecule has 3 heterocycles. The van der Waals surface area contributed by atoms with Crippen molar-refractivity contribution < 1.29 is 4.68 Å². The molecule has 1 fully saturated rings. The zero-order chi connectivity index (χ0) is 20.9. The average Bonchev–Trinajstić information content (AvgIpc) is 3.22. The van der Waals surface area contributed by atoms with Gasteiger partial charge in [-0.3, -0.25) is 0 Å². The summed E-state index contributed by atoms with van der Waals surface area (Å²) in [5.74, 6) is 1.00. The van der Waals surface area contributed by atoms with Crippen molar-refractivity contribution in [1.29, 1.82) is 5.26 Å². The van der Waals surface area contributed by atoms with Gasteiger partial charge in [0.25, 0.3) is 0 Å². The molecule has 3 aromatic rings. The minimum absolute atomic E-state index is 0.591. The lowest BCUT2D eigenvalue weighted by molar-refractivity contribution is -0.731. The second-order valence-electron chi connectivity index (χ2n) is 7.48. The van der Waals surface area contributed by atoms with E-state index < -0.39 is 0 Å². The number of rotatable bonds is 6. The van der Waals surface area contributed by atoms with Crippen LogP contribution in [0.1, 0.15) is 30.4 Å². The number of nitrogens with zero attached hydrogens (tertiary/aromatic N) is 6. The molecule has 4 rings (SSSR count). The van der Waals surface area contributed by atoms with Gasteiger partial charge in [-0.1, -0.05) is 16.4 Å². The molecule has 0 aliphatic carbocycles. The van der Waals surface area contributed by atoms with Crippen LogP contribution in [0.15, 0.2) is 52.6 Å². The van der Waals surface area contributed by atoms with Gasteiger partial charge in [-0.25, -0.2) is 4.68 Å². The van der Waals surface area contributed by atoms with Crippen LogP contribution in [0.3, 0.4) is 0 Å². The molecule has 7 nitrogen and oxygen atoms in total. The highest BCUT2D eigenvalue weighted by Gasteiger charge is 2.18. The lowest BCUT2D eigenvalue weighted by Crippen LogP contribution is -2.38. The van der Waals surface area contributed by atoms with Crippen LogP contribution in [0.25, 0.3) is 5.69 Å². The third kappa shape index (κ3) is 4.64. The summed E-state index contributed by atoms with van der Waals surface area (Å²) in [5.41, 5.74) is 8.35. The Morgan fingerprint density at radius 1 is 1.23 bits per heavy atom. The van der Waals surface area contributed by atoms with Crippen molar-refractivity contribution in [3.05, 3.63) is 54.0 Å². The predicted octanol–water partition coefficient (Wildman–Crippen LogP) is 2.61. The van der Waals surface area contributed by atoms with Gasteiger partial charge in [0.2, 0.25) is 6.20 Å². The van der Waals surface area contributed by atoms with Gasteiger partial charge in [-0.2, -0.15) is 10.4 Å². The predicted molar refractivity (Wildman–Crippen MR) is 117 cm³/mol. The monoisotopic (exact) mass is 420 g/mol. The Labute approximate surface area is 181 Å². The van der Waals surface area contributed by atoms with E-state index in [0.29, 0.717) is 12.1 Å². The zero-order valence-electron chi connectivity index (χ0n) is 17.2. The molecule has 1 aliphatic heterocycles. The minimum atomic E-state index is 0.591. The van der Waals surface area contributed by atoms with Crippen LogP contribution < -0.4 is 15.3 Å². The van der Waals surface area contributed by atoms with Crippen molar-refractivity contribution in [3.63, 3.8) is 0 Å². The number of piperidine rings is 1. The first-order valence-corrected chi connectivity index (χ1v) is 11.1. The van der Waals surface area contributed by atoms with E-state index in [2.05, 4.69) is 27.2 Å². The molecule has 0 amide bonds. The molecule has 1 saturated heterocycles. The van der Waals surface area contributed by atoms with E-state index in [4.69, 9.17) is 5.73 Å². The molecule has 0 spiro atoms. The van der Waals surface area contributed by atoms with Gasteiger partial charge >= 0.3 is 0 Å².